The zero-order valence-corrected chi connectivity index (χ0v) is 12.8. The predicted molar refractivity (Wildman–Crippen MR) is 76.5 cm³/mol. The number of amides is 1. The van der Waals surface area contributed by atoms with E-state index in [1.807, 2.05) is 4.90 Å². The van der Waals surface area contributed by atoms with Crippen molar-refractivity contribution < 1.29 is 9.59 Å². The van der Waals surface area contributed by atoms with Gasteiger partial charge in [0.2, 0.25) is 5.91 Å². The summed E-state index contributed by atoms with van der Waals surface area (Å²) in [5.41, 5.74) is 0. The van der Waals surface area contributed by atoms with Gasteiger partial charge in [-0.25, -0.2) is 0 Å². The summed E-state index contributed by atoms with van der Waals surface area (Å²) in [7, 11) is 0. The fraction of sp³-hybridized carbons (Fsp3) is 0.857. The van der Waals surface area contributed by atoms with Gasteiger partial charge in [-0.1, -0.05) is 38.5 Å². The third-order valence-electron chi connectivity index (χ3n) is 3.39. The number of carbonyl (C=O) groups is 2. The van der Waals surface area contributed by atoms with Gasteiger partial charge in [-0.15, -0.1) is 0 Å². The van der Waals surface area contributed by atoms with E-state index in [-0.39, 0.29) is 16.3 Å². The standard InChI is InChI=1S/C14H25NO2S/c1-10(2)6-5-7-11(3)15-9-13(8-14(15)17)18-12(4)16/h10-11,13H,5-9H2,1-4H3. The number of hydrogen-bond donors (Lipinski definition) is 0. The van der Waals surface area contributed by atoms with Crippen LogP contribution in [0.25, 0.3) is 0 Å². The van der Waals surface area contributed by atoms with E-state index < -0.39 is 0 Å². The number of rotatable bonds is 6. The molecule has 0 spiro atoms. The van der Waals surface area contributed by atoms with Crippen LogP contribution in [-0.4, -0.2) is 33.8 Å². The van der Waals surface area contributed by atoms with E-state index in [1.54, 1.807) is 6.92 Å². The minimum Gasteiger partial charge on any atom is -0.339 e. The molecule has 1 aliphatic heterocycles. The summed E-state index contributed by atoms with van der Waals surface area (Å²) in [5, 5.41) is 0.282. The van der Waals surface area contributed by atoms with Gasteiger partial charge < -0.3 is 4.90 Å². The lowest BCUT2D eigenvalue weighted by Crippen LogP contribution is -2.34. The molecule has 0 aromatic heterocycles. The van der Waals surface area contributed by atoms with E-state index in [9.17, 15) is 9.59 Å². The number of carbonyl (C=O) groups excluding carboxylic acids is 2. The smallest absolute Gasteiger partial charge is 0.224 e. The van der Waals surface area contributed by atoms with Crippen LogP contribution in [0.4, 0.5) is 0 Å². The number of thioether (sulfide) groups is 1. The molecule has 0 radical (unpaired) electrons. The van der Waals surface area contributed by atoms with Crippen molar-refractivity contribution in [3.05, 3.63) is 0 Å². The Balaban J connectivity index is 2.37. The molecule has 0 bridgehead atoms. The van der Waals surface area contributed by atoms with Crippen molar-refractivity contribution in [1.29, 1.82) is 0 Å². The third kappa shape index (κ3) is 5.01. The molecule has 0 aromatic rings. The first-order valence-electron chi connectivity index (χ1n) is 6.86. The van der Waals surface area contributed by atoms with Crippen molar-refractivity contribution in [3.8, 4) is 0 Å². The average molecular weight is 271 g/mol. The second-order valence-electron chi connectivity index (χ2n) is 5.66. The van der Waals surface area contributed by atoms with Crippen molar-refractivity contribution in [2.75, 3.05) is 6.54 Å². The first-order chi connectivity index (χ1) is 8.40. The summed E-state index contributed by atoms with van der Waals surface area (Å²) in [6.45, 7) is 8.89. The Hall–Kier alpha value is -0.510. The van der Waals surface area contributed by atoms with Crippen molar-refractivity contribution in [2.24, 2.45) is 5.92 Å². The first kappa shape index (κ1) is 15.5. The lowest BCUT2D eigenvalue weighted by atomic mass is 10.0. The SMILES string of the molecule is CC(=O)SC1CC(=O)N(C(C)CCCC(C)C)C1. The normalized spacial score (nSPS) is 21.7. The predicted octanol–water partition coefficient (Wildman–Crippen LogP) is 3.08. The zero-order chi connectivity index (χ0) is 13.7. The van der Waals surface area contributed by atoms with Crippen molar-refractivity contribution in [1.82, 2.24) is 4.90 Å². The van der Waals surface area contributed by atoms with Crippen molar-refractivity contribution in [2.45, 2.75) is 64.7 Å². The quantitative estimate of drug-likeness (QED) is 0.745. The van der Waals surface area contributed by atoms with Crippen LogP contribution in [0.1, 0.15) is 53.4 Å². The Bertz CT molecular complexity index is 304. The highest BCUT2D eigenvalue weighted by atomic mass is 32.2. The van der Waals surface area contributed by atoms with E-state index >= 15 is 0 Å². The first-order valence-corrected chi connectivity index (χ1v) is 7.74. The maximum Gasteiger partial charge on any atom is 0.224 e. The zero-order valence-electron chi connectivity index (χ0n) is 11.9. The summed E-state index contributed by atoms with van der Waals surface area (Å²) >= 11 is 1.31. The summed E-state index contributed by atoms with van der Waals surface area (Å²) in [4.78, 5) is 24.9. The maximum atomic E-state index is 11.9. The van der Waals surface area contributed by atoms with E-state index in [1.165, 1.54) is 24.6 Å². The molecule has 1 heterocycles. The molecule has 4 heteroatoms. The van der Waals surface area contributed by atoms with Gasteiger partial charge in [0.15, 0.2) is 5.12 Å². The highest BCUT2D eigenvalue weighted by Crippen LogP contribution is 2.27. The van der Waals surface area contributed by atoms with Crippen LogP contribution in [0, 0.1) is 5.92 Å². The summed E-state index contributed by atoms with van der Waals surface area (Å²) in [5.74, 6) is 0.943. The summed E-state index contributed by atoms with van der Waals surface area (Å²) in [6, 6.07) is 0.314. The third-order valence-corrected chi connectivity index (χ3v) is 4.37. The average Bonchev–Trinajstić information content (AvgIpc) is 2.57. The largest absolute Gasteiger partial charge is 0.339 e. The maximum absolute atomic E-state index is 11.9. The molecule has 0 N–H and O–H groups in total. The van der Waals surface area contributed by atoms with Gasteiger partial charge >= 0.3 is 0 Å². The Morgan fingerprint density at radius 3 is 2.61 bits per heavy atom. The van der Waals surface area contributed by atoms with Crippen LogP contribution >= 0.6 is 11.8 Å². The van der Waals surface area contributed by atoms with Gasteiger partial charge in [0, 0.05) is 31.2 Å². The van der Waals surface area contributed by atoms with Gasteiger partial charge in [-0.2, -0.15) is 0 Å². The Morgan fingerprint density at radius 1 is 1.39 bits per heavy atom. The molecule has 1 fully saturated rings. The van der Waals surface area contributed by atoms with Crippen LogP contribution < -0.4 is 0 Å². The molecule has 1 rings (SSSR count). The number of nitrogens with zero attached hydrogens (tertiary/aromatic N) is 1. The molecule has 2 unspecified atom stereocenters. The van der Waals surface area contributed by atoms with Gasteiger partial charge in [0.1, 0.15) is 0 Å². The van der Waals surface area contributed by atoms with Crippen molar-refractivity contribution in [3.63, 3.8) is 0 Å². The topological polar surface area (TPSA) is 37.4 Å². The highest BCUT2D eigenvalue weighted by molar-refractivity contribution is 8.14. The fourth-order valence-corrected chi connectivity index (χ4v) is 3.34. The van der Waals surface area contributed by atoms with Crippen LogP contribution in [-0.2, 0) is 9.59 Å². The molecule has 2 atom stereocenters. The van der Waals surface area contributed by atoms with Gasteiger partial charge in [0.25, 0.3) is 0 Å². The highest BCUT2D eigenvalue weighted by Gasteiger charge is 2.33. The molecule has 104 valence electrons. The van der Waals surface area contributed by atoms with Gasteiger partial charge in [-0.3, -0.25) is 9.59 Å². The lowest BCUT2D eigenvalue weighted by molar-refractivity contribution is -0.129. The Labute approximate surface area is 115 Å². The van der Waals surface area contributed by atoms with Crippen LogP contribution in [0.3, 0.4) is 0 Å². The van der Waals surface area contributed by atoms with Crippen LogP contribution in [0.15, 0.2) is 0 Å². The summed E-state index contributed by atoms with van der Waals surface area (Å²) < 4.78 is 0. The Morgan fingerprint density at radius 2 is 2.06 bits per heavy atom. The van der Waals surface area contributed by atoms with Crippen molar-refractivity contribution >= 4 is 22.8 Å². The number of hydrogen-bond acceptors (Lipinski definition) is 3. The molecule has 3 nitrogen and oxygen atoms in total. The molecule has 0 saturated carbocycles. The summed E-state index contributed by atoms with van der Waals surface area (Å²) in [6.07, 6.45) is 3.99. The molecule has 0 aliphatic carbocycles. The lowest BCUT2D eigenvalue weighted by Gasteiger charge is -2.25. The molecule has 1 aliphatic rings. The second-order valence-corrected chi connectivity index (χ2v) is 7.13. The number of likely N-dealkylation sites (tertiary alicyclic amines) is 1. The van der Waals surface area contributed by atoms with E-state index in [4.69, 9.17) is 0 Å². The minimum absolute atomic E-state index is 0.113. The van der Waals surface area contributed by atoms with E-state index in [0.717, 1.165) is 18.9 Å². The van der Waals surface area contributed by atoms with Crippen LogP contribution in [0.2, 0.25) is 0 Å². The van der Waals surface area contributed by atoms with E-state index in [0.29, 0.717) is 12.5 Å². The molecule has 1 saturated heterocycles. The minimum atomic E-state index is 0.113. The molecule has 0 aromatic carbocycles. The van der Waals surface area contributed by atoms with Gasteiger partial charge in [0.05, 0.1) is 0 Å². The van der Waals surface area contributed by atoms with E-state index in [2.05, 4.69) is 20.8 Å². The molecular formula is C14H25NO2S. The second kappa shape index (κ2) is 7.17. The van der Waals surface area contributed by atoms with Gasteiger partial charge in [-0.05, 0) is 19.3 Å². The molecule has 1 amide bonds. The monoisotopic (exact) mass is 271 g/mol. The Kier molecular flexibility index (Phi) is 6.19. The fourth-order valence-electron chi connectivity index (χ4n) is 2.41. The molecule has 18 heavy (non-hydrogen) atoms. The molecular weight excluding hydrogens is 246 g/mol. The van der Waals surface area contributed by atoms with Crippen LogP contribution in [0.5, 0.6) is 0 Å².